The first-order chi connectivity index (χ1) is 13.2. The van der Waals surface area contributed by atoms with Crippen LogP contribution in [-0.4, -0.2) is 83.9 Å². The number of carbonyl (C=O) groups excluding carboxylic acids is 2. The van der Waals surface area contributed by atoms with E-state index in [4.69, 9.17) is 0 Å². The molecular weight excluding hydrogens is 360 g/mol. The predicted octanol–water partition coefficient (Wildman–Crippen LogP) is 2.32. The molecule has 3 saturated heterocycles. The molecule has 3 fully saturated rings. The number of piperazine rings is 1. The molecule has 3 aliphatic heterocycles. The summed E-state index contributed by atoms with van der Waals surface area (Å²) < 4.78 is 0. The third-order valence-electron chi connectivity index (χ3n) is 6.09. The van der Waals surface area contributed by atoms with Gasteiger partial charge in [0.25, 0.3) is 0 Å². The molecule has 4 rings (SSSR count). The van der Waals surface area contributed by atoms with Gasteiger partial charge in [0, 0.05) is 58.9 Å². The minimum atomic E-state index is -0.0197. The summed E-state index contributed by atoms with van der Waals surface area (Å²) >= 11 is 1.74. The van der Waals surface area contributed by atoms with Crippen molar-refractivity contribution in [2.24, 2.45) is 5.92 Å². The molecule has 1 atom stereocenters. The Morgan fingerprint density at radius 2 is 1.67 bits per heavy atom. The van der Waals surface area contributed by atoms with Crippen LogP contribution in [-0.2, 0) is 11.3 Å². The topological polar surface area (TPSA) is 47.1 Å². The summed E-state index contributed by atoms with van der Waals surface area (Å²) in [6, 6.07) is 2.32. The molecule has 0 radical (unpaired) electrons. The van der Waals surface area contributed by atoms with Crippen molar-refractivity contribution >= 4 is 23.3 Å². The van der Waals surface area contributed by atoms with Gasteiger partial charge >= 0.3 is 6.03 Å². The third kappa shape index (κ3) is 4.46. The fourth-order valence-electron chi connectivity index (χ4n) is 4.49. The Balaban J connectivity index is 1.27. The molecule has 3 aliphatic rings. The standard InChI is InChI=1S/C20H30N4O2S/c25-19(22-11-9-21(10-12-22)14-17-5-13-27-16-17)18-4-3-8-24(15-18)20(26)23-6-1-2-7-23/h5,13,16,18H,1-4,6-12,14-15H2/t18-/m0/s1. The maximum absolute atomic E-state index is 13.0. The molecule has 4 heterocycles. The van der Waals surface area contributed by atoms with Gasteiger partial charge in [-0.2, -0.15) is 11.3 Å². The van der Waals surface area contributed by atoms with E-state index in [-0.39, 0.29) is 17.9 Å². The van der Waals surface area contributed by atoms with Crippen molar-refractivity contribution in [3.05, 3.63) is 22.4 Å². The minimum Gasteiger partial charge on any atom is -0.340 e. The van der Waals surface area contributed by atoms with E-state index in [0.717, 1.165) is 78.0 Å². The van der Waals surface area contributed by atoms with E-state index in [1.54, 1.807) is 11.3 Å². The molecule has 3 amide bonds. The van der Waals surface area contributed by atoms with Crippen molar-refractivity contribution in [2.45, 2.75) is 32.2 Å². The molecule has 27 heavy (non-hydrogen) atoms. The Hall–Kier alpha value is -1.60. The van der Waals surface area contributed by atoms with Gasteiger partial charge in [-0.3, -0.25) is 9.69 Å². The lowest BCUT2D eigenvalue weighted by atomic mass is 9.96. The monoisotopic (exact) mass is 390 g/mol. The smallest absolute Gasteiger partial charge is 0.320 e. The Morgan fingerprint density at radius 1 is 0.926 bits per heavy atom. The molecule has 148 valence electrons. The lowest BCUT2D eigenvalue weighted by Gasteiger charge is -2.39. The zero-order chi connectivity index (χ0) is 18.6. The lowest BCUT2D eigenvalue weighted by molar-refractivity contribution is -0.138. The first-order valence-corrected chi connectivity index (χ1v) is 11.2. The largest absolute Gasteiger partial charge is 0.340 e. The zero-order valence-electron chi connectivity index (χ0n) is 16.0. The molecule has 0 saturated carbocycles. The number of rotatable bonds is 3. The van der Waals surface area contributed by atoms with Crippen LogP contribution in [0.1, 0.15) is 31.2 Å². The van der Waals surface area contributed by atoms with Crippen LogP contribution in [0.2, 0.25) is 0 Å². The quantitative estimate of drug-likeness (QED) is 0.796. The van der Waals surface area contributed by atoms with E-state index in [9.17, 15) is 9.59 Å². The summed E-state index contributed by atoms with van der Waals surface area (Å²) in [6.45, 7) is 7.61. The van der Waals surface area contributed by atoms with E-state index < -0.39 is 0 Å². The SMILES string of the molecule is O=C([C@H]1CCCN(C(=O)N2CCCC2)C1)N1CCN(Cc2ccsc2)CC1. The van der Waals surface area contributed by atoms with Crippen molar-refractivity contribution in [3.63, 3.8) is 0 Å². The van der Waals surface area contributed by atoms with Crippen LogP contribution in [0.3, 0.4) is 0 Å². The summed E-state index contributed by atoms with van der Waals surface area (Å²) in [4.78, 5) is 34.0. The summed E-state index contributed by atoms with van der Waals surface area (Å²) in [5.41, 5.74) is 1.36. The molecule has 1 aromatic rings. The van der Waals surface area contributed by atoms with E-state index in [2.05, 4.69) is 21.7 Å². The van der Waals surface area contributed by atoms with Crippen LogP contribution >= 0.6 is 11.3 Å². The maximum atomic E-state index is 13.0. The lowest BCUT2D eigenvalue weighted by Crippen LogP contribution is -2.54. The van der Waals surface area contributed by atoms with E-state index in [0.29, 0.717) is 6.54 Å². The van der Waals surface area contributed by atoms with Gasteiger partial charge in [-0.1, -0.05) is 0 Å². The molecule has 1 aromatic heterocycles. The van der Waals surface area contributed by atoms with E-state index in [1.165, 1.54) is 5.56 Å². The molecule has 7 heteroatoms. The molecule has 0 spiro atoms. The second-order valence-electron chi connectivity index (χ2n) is 7.99. The highest BCUT2D eigenvalue weighted by molar-refractivity contribution is 7.07. The van der Waals surface area contributed by atoms with Crippen molar-refractivity contribution < 1.29 is 9.59 Å². The van der Waals surface area contributed by atoms with Gasteiger partial charge in [-0.15, -0.1) is 0 Å². The van der Waals surface area contributed by atoms with Gasteiger partial charge in [0.1, 0.15) is 0 Å². The molecule has 6 nitrogen and oxygen atoms in total. The van der Waals surface area contributed by atoms with Crippen LogP contribution in [0.4, 0.5) is 4.79 Å². The fourth-order valence-corrected chi connectivity index (χ4v) is 5.15. The second-order valence-corrected chi connectivity index (χ2v) is 8.77. The molecular formula is C20H30N4O2S. The number of hydrogen-bond donors (Lipinski definition) is 0. The van der Waals surface area contributed by atoms with Crippen LogP contribution in [0.25, 0.3) is 0 Å². The number of hydrogen-bond acceptors (Lipinski definition) is 4. The van der Waals surface area contributed by atoms with E-state index in [1.807, 2.05) is 14.7 Å². The van der Waals surface area contributed by atoms with Gasteiger partial charge in [0.05, 0.1) is 5.92 Å². The average molecular weight is 391 g/mol. The average Bonchev–Trinajstić information content (AvgIpc) is 3.42. The number of amides is 3. The van der Waals surface area contributed by atoms with Crippen LogP contribution in [0.15, 0.2) is 16.8 Å². The summed E-state index contributed by atoms with van der Waals surface area (Å²) in [6.07, 6.45) is 4.07. The van der Waals surface area contributed by atoms with Crippen LogP contribution < -0.4 is 0 Å². The highest BCUT2D eigenvalue weighted by Crippen LogP contribution is 2.22. The van der Waals surface area contributed by atoms with Gasteiger partial charge < -0.3 is 14.7 Å². The number of carbonyl (C=O) groups is 2. The van der Waals surface area contributed by atoms with E-state index >= 15 is 0 Å². The number of urea groups is 1. The number of nitrogens with zero attached hydrogens (tertiary/aromatic N) is 4. The van der Waals surface area contributed by atoms with Crippen LogP contribution in [0.5, 0.6) is 0 Å². The normalized spacial score (nSPS) is 24.4. The summed E-state index contributed by atoms with van der Waals surface area (Å²) in [7, 11) is 0. The summed E-state index contributed by atoms with van der Waals surface area (Å²) in [5.74, 6) is 0.234. The molecule has 0 aromatic carbocycles. The van der Waals surface area contributed by atoms with Crippen LogP contribution in [0, 0.1) is 5.92 Å². The Kier molecular flexibility index (Phi) is 5.98. The van der Waals surface area contributed by atoms with Crippen molar-refractivity contribution in [1.29, 1.82) is 0 Å². The van der Waals surface area contributed by atoms with Crippen molar-refractivity contribution in [2.75, 3.05) is 52.4 Å². The Morgan fingerprint density at radius 3 is 2.37 bits per heavy atom. The van der Waals surface area contributed by atoms with Gasteiger partial charge in [-0.05, 0) is 48.1 Å². The zero-order valence-corrected chi connectivity index (χ0v) is 16.8. The molecule has 0 unspecified atom stereocenters. The molecule has 0 bridgehead atoms. The maximum Gasteiger partial charge on any atom is 0.320 e. The second kappa shape index (κ2) is 8.61. The summed E-state index contributed by atoms with van der Waals surface area (Å²) in [5, 5.41) is 4.32. The van der Waals surface area contributed by atoms with Crippen molar-refractivity contribution in [3.8, 4) is 0 Å². The first-order valence-electron chi connectivity index (χ1n) is 10.3. The van der Waals surface area contributed by atoms with Crippen molar-refractivity contribution in [1.82, 2.24) is 19.6 Å². The predicted molar refractivity (Wildman–Crippen MR) is 107 cm³/mol. The van der Waals surface area contributed by atoms with Gasteiger partial charge in [0.15, 0.2) is 0 Å². The van der Waals surface area contributed by atoms with Gasteiger partial charge in [0.2, 0.25) is 5.91 Å². The Labute approximate surface area is 165 Å². The highest BCUT2D eigenvalue weighted by Gasteiger charge is 2.34. The molecule has 0 aliphatic carbocycles. The highest BCUT2D eigenvalue weighted by atomic mass is 32.1. The third-order valence-corrected chi connectivity index (χ3v) is 6.82. The number of piperidine rings is 1. The first kappa shape index (κ1) is 18.7. The number of thiophene rings is 1. The number of likely N-dealkylation sites (tertiary alicyclic amines) is 2. The van der Waals surface area contributed by atoms with Gasteiger partial charge in [-0.25, -0.2) is 4.79 Å². The Bertz CT molecular complexity index is 636. The minimum absolute atomic E-state index is 0.0197. The molecule has 0 N–H and O–H groups in total. The fraction of sp³-hybridized carbons (Fsp3) is 0.700.